The first-order chi connectivity index (χ1) is 11.8. The molecule has 11 heteroatoms. The van der Waals surface area contributed by atoms with E-state index in [4.69, 9.17) is 11.6 Å². The summed E-state index contributed by atoms with van der Waals surface area (Å²) in [7, 11) is 0. The summed E-state index contributed by atoms with van der Waals surface area (Å²) < 4.78 is 0.534. The van der Waals surface area contributed by atoms with E-state index in [-0.39, 0.29) is 27.1 Å². The number of carbonyl (C=O) groups is 1. The van der Waals surface area contributed by atoms with Crippen molar-refractivity contribution in [3.8, 4) is 0 Å². The largest absolute Gasteiger partial charge is 0.298 e. The quantitative estimate of drug-likeness (QED) is 0.539. The molecule has 0 unspecified atom stereocenters. The van der Waals surface area contributed by atoms with Gasteiger partial charge in [0, 0.05) is 23.8 Å². The lowest BCUT2D eigenvalue weighted by molar-refractivity contribution is -0.384. The number of thiazole rings is 1. The maximum Gasteiger partial charge on any atom is 0.288 e. The number of carbonyl (C=O) groups excluding carboxylic acids is 1. The van der Waals surface area contributed by atoms with Gasteiger partial charge in [-0.15, -0.1) is 0 Å². The molecule has 3 rings (SSSR count). The molecule has 0 bridgehead atoms. The average Bonchev–Trinajstić information content (AvgIpc) is 2.95. The van der Waals surface area contributed by atoms with E-state index < -0.39 is 15.8 Å². The Morgan fingerprint density at radius 3 is 2.56 bits per heavy atom. The van der Waals surface area contributed by atoms with Gasteiger partial charge in [-0.05, 0) is 18.2 Å². The maximum atomic E-state index is 12.2. The van der Waals surface area contributed by atoms with E-state index in [1.54, 1.807) is 0 Å². The number of fused-ring (bicyclic) bond motifs is 1. The Kier molecular flexibility index (Phi) is 4.30. The summed E-state index contributed by atoms with van der Waals surface area (Å²) in [5, 5.41) is 24.3. The average molecular weight is 379 g/mol. The third kappa shape index (κ3) is 3.39. The number of hydrogen-bond donors (Lipinski definition) is 1. The highest BCUT2D eigenvalue weighted by Crippen LogP contribution is 2.30. The fourth-order valence-corrected chi connectivity index (χ4v) is 3.12. The summed E-state index contributed by atoms with van der Waals surface area (Å²) >= 11 is 6.77. The first kappa shape index (κ1) is 16.7. The molecule has 3 aromatic rings. The first-order valence-electron chi connectivity index (χ1n) is 6.65. The molecule has 0 aliphatic rings. The Morgan fingerprint density at radius 2 is 1.88 bits per heavy atom. The van der Waals surface area contributed by atoms with E-state index in [0.29, 0.717) is 10.2 Å². The lowest BCUT2D eigenvalue weighted by Crippen LogP contribution is -2.11. The molecule has 1 heterocycles. The van der Waals surface area contributed by atoms with Crippen LogP contribution in [0.3, 0.4) is 0 Å². The number of nitro groups is 2. The second kappa shape index (κ2) is 6.42. The van der Waals surface area contributed by atoms with Crippen molar-refractivity contribution in [1.29, 1.82) is 0 Å². The van der Waals surface area contributed by atoms with Crippen molar-refractivity contribution < 1.29 is 14.6 Å². The van der Waals surface area contributed by atoms with E-state index >= 15 is 0 Å². The zero-order valence-electron chi connectivity index (χ0n) is 12.1. The third-order valence-electron chi connectivity index (χ3n) is 3.21. The second-order valence-corrected chi connectivity index (χ2v) is 6.24. The van der Waals surface area contributed by atoms with Gasteiger partial charge in [-0.2, -0.15) is 0 Å². The molecule has 25 heavy (non-hydrogen) atoms. The van der Waals surface area contributed by atoms with Crippen LogP contribution in [0.15, 0.2) is 36.4 Å². The van der Waals surface area contributed by atoms with Crippen LogP contribution in [0, 0.1) is 20.2 Å². The van der Waals surface area contributed by atoms with E-state index in [9.17, 15) is 25.0 Å². The number of aromatic nitrogens is 1. The Labute approximate surface area is 148 Å². The number of nitrogens with zero attached hydrogens (tertiary/aromatic N) is 3. The molecular formula is C14H7ClN4O5S. The second-order valence-electron chi connectivity index (χ2n) is 4.81. The minimum Gasteiger partial charge on any atom is -0.298 e. The lowest BCUT2D eigenvalue weighted by Gasteiger charge is -2.02. The van der Waals surface area contributed by atoms with Crippen LogP contribution in [0.2, 0.25) is 5.02 Å². The molecule has 0 aliphatic carbocycles. The summed E-state index contributed by atoms with van der Waals surface area (Å²) in [6, 6.07) is 7.83. The van der Waals surface area contributed by atoms with Gasteiger partial charge in [0.1, 0.15) is 5.02 Å². The van der Waals surface area contributed by atoms with Crippen molar-refractivity contribution in [3.05, 3.63) is 67.2 Å². The fraction of sp³-hybridized carbons (Fsp3) is 0. The number of amides is 1. The van der Waals surface area contributed by atoms with Crippen LogP contribution in [-0.4, -0.2) is 20.7 Å². The molecule has 1 amide bonds. The number of non-ortho nitro benzene ring substituents is 1. The first-order valence-corrected chi connectivity index (χ1v) is 7.85. The summed E-state index contributed by atoms with van der Waals surface area (Å²) in [5.74, 6) is -0.603. The Morgan fingerprint density at radius 1 is 1.12 bits per heavy atom. The van der Waals surface area contributed by atoms with Gasteiger partial charge in [0.2, 0.25) is 0 Å². The molecule has 1 aromatic heterocycles. The maximum absolute atomic E-state index is 12.2. The number of benzene rings is 2. The molecular weight excluding hydrogens is 372 g/mol. The molecule has 0 radical (unpaired) electrons. The summed E-state index contributed by atoms with van der Waals surface area (Å²) in [5.41, 5.74) is 0.0749. The van der Waals surface area contributed by atoms with Gasteiger partial charge in [-0.25, -0.2) is 4.98 Å². The summed E-state index contributed by atoms with van der Waals surface area (Å²) in [4.78, 5) is 36.8. The topological polar surface area (TPSA) is 128 Å². The Hall–Kier alpha value is -3.11. The van der Waals surface area contributed by atoms with E-state index in [1.807, 2.05) is 0 Å². The number of nitrogens with one attached hydrogen (secondary N) is 1. The van der Waals surface area contributed by atoms with E-state index in [0.717, 1.165) is 17.4 Å². The van der Waals surface area contributed by atoms with Crippen molar-refractivity contribution >= 4 is 55.6 Å². The van der Waals surface area contributed by atoms with Gasteiger partial charge in [-0.1, -0.05) is 22.9 Å². The van der Waals surface area contributed by atoms with E-state index in [2.05, 4.69) is 10.3 Å². The predicted molar refractivity (Wildman–Crippen MR) is 92.3 cm³/mol. The Balaban J connectivity index is 1.88. The molecule has 1 N–H and O–H groups in total. The van der Waals surface area contributed by atoms with Crippen LogP contribution >= 0.6 is 22.9 Å². The molecule has 2 aromatic carbocycles. The predicted octanol–water partition coefficient (Wildman–Crippen LogP) is 4.02. The van der Waals surface area contributed by atoms with Crippen molar-refractivity contribution in [1.82, 2.24) is 4.98 Å². The molecule has 9 nitrogen and oxygen atoms in total. The standard InChI is InChI=1S/C14H7ClN4O5S/c15-9-3-1-7(5-11(9)19(23)24)13(20)17-14-16-10-4-2-8(18(21)22)6-12(10)25-14/h1-6H,(H,16,17,20). The summed E-state index contributed by atoms with van der Waals surface area (Å²) in [6.07, 6.45) is 0. The normalized spacial score (nSPS) is 10.6. The van der Waals surface area contributed by atoms with Gasteiger partial charge in [-0.3, -0.25) is 30.3 Å². The van der Waals surface area contributed by atoms with Crippen LogP contribution < -0.4 is 5.32 Å². The molecule has 0 aliphatic heterocycles. The number of nitro benzene ring substituents is 2. The van der Waals surface area contributed by atoms with Gasteiger partial charge in [0.05, 0.1) is 20.1 Å². The minimum absolute atomic E-state index is 0.0429. The molecule has 0 saturated carbocycles. The van der Waals surface area contributed by atoms with Crippen molar-refractivity contribution in [2.24, 2.45) is 0 Å². The highest BCUT2D eigenvalue weighted by atomic mass is 35.5. The monoisotopic (exact) mass is 378 g/mol. The van der Waals surface area contributed by atoms with Crippen molar-refractivity contribution in [2.45, 2.75) is 0 Å². The van der Waals surface area contributed by atoms with Crippen LogP contribution in [0.25, 0.3) is 10.2 Å². The zero-order valence-corrected chi connectivity index (χ0v) is 13.7. The SMILES string of the molecule is O=C(Nc1nc2ccc([N+](=O)[O-])cc2s1)c1ccc(Cl)c([N+](=O)[O-])c1. The number of hydrogen-bond acceptors (Lipinski definition) is 7. The molecule has 0 saturated heterocycles. The number of rotatable bonds is 4. The molecule has 0 spiro atoms. The Bertz CT molecular complexity index is 1040. The van der Waals surface area contributed by atoms with Crippen molar-refractivity contribution in [3.63, 3.8) is 0 Å². The van der Waals surface area contributed by atoms with Gasteiger partial charge < -0.3 is 0 Å². The van der Waals surface area contributed by atoms with E-state index in [1.165, 1.54) is 30.3 Å². The minimum atomic E-state index is -0.685. The van der Waals surface area contributed by atoms with Crippen LogP contribution in [-0.2, 0) is 0 Å². The van der Waals surface area contributed by atoms with Crippen molar-refractivity contribution in [2.75, 3.05) is 5.32 Å². The number of anilines is 1. The van der Waals surface area contributed by atoms with Gasteiger partial charge in [0.25, 0.3) is 17.3 Å². The summed E-state index contributed by atoms with van der Waals surface area (Å²) in [6.45, 7) is 0. The fourth-order valence-electron chi connectivity index (χ4n) is 2.04. The molecule has 0 fully saturated rings. The molecule has 0 atom stereocenters. The lowest BCUT2D eigenvalue weighted by atomic mass is 10.2. The third-order valence-corrected chi connectivity index (χ3v) is 4.46. The van der Waals surface area contributed by atoms with Gasteiger partial charge in [0.15, 0.2) is 5.13 Å². The highest BCUT2D eigenvalue weighted by molar-refractivity contribution is 7.22. The smallest absolute Gasteiger partial charge is 0.288 e. The van der Waals surface area contributed by atoms with Crippen LogP contribution in [0.1, 0.15) is 10.4 Å². The molecule has 126 valence electrons. The van der Waals surface area contributed by atoms with Gasteiger partial charge >= 0.3 is 0 Å². The van der Waals surface area contributed by atoms with Crippen LogP contribution in [0.4, 0.5) is 16.5 Å². The zero-order chi connectivity index (χ0) is 18.1. The number of halogens is 1. The van der Waals surface area contributed by atoms with Crippen LogP contribution in [0.5, 0.6) is 0 Å². The highest BCUT2D eigenvalue weighted by Gasteiger charge is 2.18.